The predicted octanol–water partition coefficient (Wildman–Crippen LogP) is 1.23. The van der Waals surface area contributed by atoms with Crippen LogP contribution in [0.2, 0.25) is 0 Å². The fourth-order valence-electron chi connectivity index (χ4n) is 4.21. The van der Waals surface area contributed by atoms with E-state index in [4.69, 9.17) is 5.26 Å². The van der Waals surface area contributed by atoms with Gasteiger partial charge in [0.25, 0.3) is 0 Å². The number of anilines is 1. The Labute approximate surface area is 139 Å². The zero-order valence-electron chi connectivity index (χ0n) is 13.4. The number of H-pyrrole nitrogens is 1. The Balaban J connectivity index is 1.65. The van der Waals surface area contributed by atoms with E-state index in [0.29, 0.717) is 0 Å². The molecule has 24 heavy (non-hydrogen) atoms. The maximum absolute atomic E-state index is 12.4. The molecule has 2 aliphatic heterocycles. The molecular formula is C16H19N7O. The summed E-state index contributed by atoms with van der Waals surface area (Å²) in [5.74, 6) is 0.820. The number of nitrogens with one attached hydrogen (secondary N) is 1. The van der Waals surface area contributed by atoms with Gasteiger partial charge in [-0.25, -0.2) is 9.97 Å². The van der Waals surface area contributed by atoms with E-state index in [1.54, 1.807) is 12.5 Å². The van der Waals surface area contributed by atoms with E-state index in [0.717, 1.165) is 62.2 Å². The first-order valence-electron chi connectivity index (χ1n) is 8.30. The van der Waals surface area contributed by atoms with Gasteiger partial charge in [0.05, 0.1) is 23.2 Å². The van der Waals surface area contributed by atoms with Gasteiger partial charge in [0.2, 0.25) is 5.91 Å². The van der Waals surface area contributed by atoms with E-state index in [1.807, 2.05) is 11.0 Å². The van der Waals surface area contributed by atoms with Gasteiger partial charge in [-0.15, -0.1) is 0 Å². The molecule has 1 unspecified atom stereocenters. The van der Waals surface area contributed by atoms with Crippen molar-refractivity contribution in [2.24, 2.45) is 0 Å². The molecule has 0 aromatic carbocycles. The number of hydrogen-bond acceptors (Lipinski definition) is 6. The number of likely N-dealkylation sites (tertiary alicyclic amines) is 1. The predicted molar refractivity (Wildman–Crippen MR) is 87.0 cm³/mol. The van der Waals surface area contributed by atoms with Crippen LogP contribution in [0, 0.1) is 11.3 Å². The molecule has 0 saturated carbocycles. The third-order valence-electron chi connectivity index (χ3n) is 5.21. The molecule has 0 aliphatic carbocycles. The van der Waals surface area contributed by atoms with E-state index in [9.17, 15) is 4.79 Å². The number of fused-ring (bicyclic) bond motifs is 1. The zero-order chi connectivity index (χ0) is 16.6. The molecule has 2 aromatic rings. The van der Waals surface area contributed by atoms with Crippen LogP contribution in [-0.4, -0.2) is 56.1 Å². The molecule has 8 nitrogen and oxygen atoms in total. The first kappa shape index (κ1) is 14.9. The number of rotatable bonds is 2. The number of amides is 1. The lowest BCUT2D eigenvalue weighted by Crippen LogP contribution is -2.57. The average molecular weight is 325 g/mol. The van der Waals surface area contributed by atoms with Gasteiger partial charge >= 0.3 is 0 Å². The molecule has 2 saturated heterocycles. The summed E-state index contributed by atoms with van der Waals surface area (Å²) >= 11 is 0. The number of piperidine rings is 1. The molecule has 8 heteroatoms. The summed E-state index contributed by atoms with van der Waals surface area (Å²) in [6, 6.07) is 1.99. The molecule has 124 valence electrons. The molecule has 0 radical (unpaired) electrons. The summed E-state index contributed by atoms with van der Waals surface area (Å²) < 4.78 is 0. The van der Waals surface area contributed by atoms with Gasteiger partial charge in [0.15, 0.2) is 5.65 Å². The Morgan fingerprint density at radius 2 is 2.17 bits per heavy atom. The first-order valence-corrected chi connectivity index (χ1v) is 8.30. The summed E-state index contributed by atoms with van der Waals surface area (Å²) in [5, 5.41) is 16.7. The molecule has 4 heterocycles. The minimum Gasteiger partial charge on any atom is -0.354 e. The van der Waals surface area contributed by atoms with Crippen molar-refractivity contribution in [1.29, 1.82) is 5.26 Å². The lowest BCUT2D eigenvalue weighted by Gasteiger charge is -2.46. The highest BCUT2D eigenvalue weighted by atomic mass is 16.2. The molecule has 1 N–H and O–H groups in total. The van der Waals surface area contributed by atoms with Gasteiger partial charge < -0.3 is 9.80 Å². The minimum atomic E-state index is -0.173. The van der Waals surface area contributed by atoms with Crippen molar-refractivity contribution < 1.29 is 4.79 Å². The van der Waals surface area contributed by atoms with Crippen molar-refractivity contribution in [1.82, 2.24) is 25.1 Å². The van der Waals surface area contributed by atoms with Crippen molar-refractivity contribution >= 4 is 22.8 Å². The SMILES string of the molecule is N#CCC(=O)N1CCCC12CCCN(c1ncnc3[nH]ncc13)C2. The van der Waals surface area contributed by atoms with Crippen molar-refractivity contribution in [3.05, 3.63) is 12.5 Å². The highest BCUT2D eigenvalue weighted by Crippen LogP contribution is 2.39. The third kappa shape index (κ3) is 2.28. The molecule has 0 bridgehead atoms. The number of carbonyl (C=O) groups is 1. The molecule has 2 aliphatic rings. The summed E-state index contributed by atoms with van der Waals surface area (Å²) in [5.41, 5.74) is 0.552. The number of nitriles is 1. The lowest BCUT2D eigenvalue weighted by molar-refractivity contribution is -0.134. The van der Waals surface area contributed by atoms with Crippen LogP contribution in [0.3, 0.4) is 0 Å². The van der Waals surface area contributed by atoms with Crippen LogP contribution in [-0.2, 0) is 4.79 Å². The van der Waals surface area contributed by atoms with Crippen molar-refractivity contribution in [3.8, 4) is 6.07 Å². The van der Waals surface area contributed by atoms with Crippen LogP contribution in [0.1, 0.15) is 32.1 Å². The average Bonchev–Trinajstić information content (AvgIpc) is 3.22. The minimum absolute atomic E-state index is 0.0404. The Kier molecular flexibility index (Phi) is 3.56. The van der Waals surface area contributed by atoms with Gasteiger partial charge in [0, 0.05) is 19.6 Å². The topological polar surface area (TPSA) is 102 Å². The molecule has 1 spiro atoms. The maximum atomic E-state index is 12.4. The Hall–Kier alpha value is -2.69. The maximum Gasteiger partial charge on any atom is 0.237 e. The van der Waals surface area contributed by atoms with Gasteiger partial charge in [-0.05, 0) is 25.7 Å². The monoisotopic (exact) mass is 325 g/mol. The van der Waals surface area contributed by atoms with Gasteiger partial charge in [0.1, 0.15) is 18.6 Å². The van der Waals surface area contributed by atoms with Crippen molar-refractivity contribution in [2.45, 2.75) is 37.6 Å². The summed E-state index contributed by atoms with van der Waals surface area (Å²) in [6.07, 6.45) is 7.22. The highest BCUT2D eigenvalue weighted by Gasteiger charge is 2.46. The van der Waals surface area contributed by atoms with Crippen LogP contribution in [0.5, 0.6) is 0 Å². The normalized spacial score (nSPS) is 23.8. The second-order valence-electron chi connectivity index (χ2n) is 6.56. The van der Waals surface area contributed by atoms with Crippen LogP contribution in [0.25, 0.3) is 11.0 Å². The third-order valence-corrected chi connectivity index (χ3v) is 5.21. The largest absolute Gasteiger partial charge is 0.354 e. The second kappa shape index (κ2) is 5.74. The fraction of sp³-hybridized carbons (Fsp3) is 0.562. The zero-order valence-corrected chi connectivity index (χ0v) is 13.4. The smallest absolute Gasteiger partial charge is 0.237 e. The van der Waals surface area contributed by atoms with Crippen molar-refractivity contribution in [2.75, 3.05) is 24.5 Å². The number of carbonyl (C=O) groups excluding carboxylic acids is 1. The van der Waals surface area contributed by atoms with Crippen LogP contribution in [0.15, 0.2) is 12.5 Å². The van der Waals surface area contributed by atoms with Gasteiger partial charge in [-0.3, -0.25) is 9.89 Å². The first-order chi connectivity index (χ1) is 11.7. The van der Waals surface area contributed by atoms with E-state index < -0.39 is 0 Å². The molecule has 1 amide bonds. The summed E-state index contributed by atoms with van der Waals surface area (Å²) in [6.45, 7) is 2.40. The lowest BCUT2D eigenvalue weighted by atomic mass is 9.86. The Morgan fingerprint density at radius 1 is 1.33 bits per heavy atom. The molecular weight excluding hydrogens is 306 g/mol. The number of hydrogen-bond donors (Lipinski definition) is 1. The van der Waals surface area contributed by atoms with E-state index in [2.05, 4.69) is 25.1 Å². The summed E-state index contributed by atoms with van der Waals surface area (Å²) in [4.78, 5) is 25.2. The Bertz CT molecular complexity index is 810. The van der Waals surface area contributed by atoms with Gasteiger partial charge in [-0.1, -0.05) is 0 Å². The molecule has 4 rings (SSSR count). The van der Waals surface area contributed by atoms with Crippen LogP contribution >= 0.6 is 0 Å². The number of aromatic amines is 1. The van der Waals surface area contributed by atoms with E-state index in [-0.39, 0.29) is 17.9 Å². The van der Waals surface area contributed by atoms with Crippen molar-refractivity contribution in [3.63, 3.8) is 0 Å². The molecule has 1 atom stereocenters. The van der Waals surface area contributed by atoms with E-state index >= 15 is 0 Å². The standard InChI is InChI=1S/C16H19N7O/c17-6-3-13(24)23-8-2-5-16(23)4-1-7-22(10-16)15-12-9-20-21-14(12)18-11-19-15/h9,11H,1-5,7-8,10H2,(H,18,19,20,21). The van der Waals surface area contributed by atoms with Crippen LogP contribution < -0.4 is 4.90 Å². The summed E-state index contributed by atoms with van der Waals surface area (Å²) in [7, 11) is 0. The van der Waals surface area contributed by atoms with Gasteiger partial charge in [-0.2, -0.15) is 10.4 Å². The second-order valence-corrected chi connectivity index (χ2v) is 6.56. The fourth-order valence-corrected chi connectivity index (χ4v) is 4.21. The quantitative estimate of drug-likeness (QED) is 0.891. The number of nitrogens with zero attached hydrogens (tertiary/aromatic N) is 6. The molecule has 2 aromatic heterocycles. The Morgan fingerprint density at radius 3 is 3.00 bits per heavy atom. The highest BCUT2D eigenvalue weighted by molar-refractivity contribution is 5.86. The van der Waals surface area contributed by atoms with E-state index in [1.165, 1.54) is 0 Å². The van der Waals surface area contributed by atoms with Crippen LogP contribution in [0.4, 0.5) is 5.82 Å². The molecule has 2 fully saturated rings. The number of aromatic nitrogens is 4.